The van der Waals surface area contributed by atoms with Crippen molar-refractivity contribution in [2.24, 2.45) is 5.92 Å². The van der Waals surface area contributed by atoms with Crippen molar-refractivity contribution in [2.75, 3.05) is 12.4 Å². The molecule has 0 aliphatic rings. The SMILES string of the molecule is COC(=O)C(C)Cc1cccnc1NC(c1ccccc1)c1ccccc1. The highest BCUT2D eigenvalue weighted by atomic mass is 16.5. The number of hydrogen-bond donors (Lipinski definition) is 1. The van der Waals surface area contributed by atoms with Gasteiger partial charge in [0, 0.05) is 6.20 Å². The van der Waals surface area contributed by atoms with Gasteiger partial charge in [-0.3, -0.25) is 4.79 Å². The molecule has 3 rings (SSSR count). The van der Waals surface area contributed by atoms with Crippen molar-refractivity contribution >= 4 is 11.8 Å². The predicted octanol–water partition coefficient (Wildman–Crippen LogP) is 4.63. The van der Waals surface area contributed by atoms with Gasteiger partial charge in [-0.2, -0.15) is 0 Å². The number of carbonyl (C=O) groups excluding carboxylic acids is 1. The number of benzene rings is 2. The van der Waals surface area contributed by atoms with Gasteiger partial charge in [-0.05, 0) is 29.2 Å². The average molecular weight is 360 g/mol. The van der Waals surface area contributed by atoms with Gasteiger partial charge in [0.2, 0.25) is 0 Å². The van der Waals surface area contributed by atoms with Gasteiger partial charge in [0.15, 0.2) is 0 Å². The summed E-state index contributed by atoms with van der Waals surface area (Å²) in [7, 11) is 1.42. The van der Waals surface area contributed by atoms with Gasteiger partial charge in [0.1, 0.15) is 5.82 Å². The minimum absolute atomic E-state index is 0.0329. The zero-order valence-corrected chi connectivity index (χ0v) is 15.6. The summed E-state index contributed by atoms with van der Waals surface area (Å²) >= 11 is 0. The number of carbonyl (C=O) groups is 1. The number of ether oxygens (including phenoxy) is 1. The highest BCUT2D eigenvalue weighted by Crippen LogP contribution is 2.28. The predicted molar refractivity (Wildman–Crippen MR) is 107 cm³/mol. The number of aromatic nitrogens is 1. The van der Waals surface area contributed by atoms with Gasteiger partial charge in [-0.15, -0.1) is 0 Å². The molecule has 1 aromatic heterocycles. The summed E-state index contributed by atoms with van der Waals surface area (Å²) in [5, 5.41) is 3.58. The molecule has 0 spiro atoms. The minimum atomic E-state index is -0.230. The summed E-state index contributed by atoms with van der Waals surface area (Å²) in [5.41, 5.74) is 3.30. The molecule has 0 amide bonds. The van der Waals surface area contributed by atoms with E-state index < -0.39 is 0 Å². The highest BCUT2D eigenvalue weighted by molar-refractivity contribution is 5.72. The highest BCUT2D eigenvalue weighted by Gasteiger charge is 2.19. The van der Waals surface area contributed by atoms with Crippen molar-refractivity contribution in [1.29, 1.82) is 0 Å². The number of nitrogens with one attached hydrogen (secondary N) is 1. The number of hydrogen-bond acceptors (Lipinski definition) is 4. The summed E-state index contributed by atoms with van der Waals surface area (Å²) in [6.45, 7) is 1.87. The lowest BCUT2D eigenvalue weighted by atomic mass is 9.97. The maximum Gasteiger partial charge on any atom is 0.308 e. The molecule has 0 radical (unpaired) electrons. The zero-order valence-electron chi connectivity index (χ0n) is 15.6. The first-order valence-electron chi connectivity index (χ1n) is 9.07. The van der Waals surface area contributed by atoms with Crippen LogP contribution in [0, 0.1) is 5.92 Å². The Labute approximate surface area is 160 Å². The first-order valence-corrected chi connectivity index (χ1v) is 9.07. The van der Waals surface area contributed by atoms with Gasteiger partial charge in [-0.1, -0.05) is 73.7 Å². The molecule has 0 aliphatic carbocycles. The van der Waals surface area contributed by atoms with Crippen molar-refractivity contribution in [3.8, 4) is 0 Å². The van der Waals surface area contributed by atoms with E-state index in [9.17, 15) is 4.79 Å². The van der Waals surface area contributed by atoms with Crippen molar-refractivity contribution in [3.05, 3.63) is 95.7 Å². The molecule has 1 atom stereocenters. The lowest BCUT2D eigenvalue weighted by molar-refractivity contribution is -0.144. The smallest absolute Gasteiger partial charge is 0.308 e. The lowest BCUT2D eigenvalue weighted by Gasteiger charge is -2.22. The van der Waals surface area contributed by atoms with E-state index in [-0.39, 0.29) is 17.9 Å². The van der Waals surface area contributed by atoms with E-state index in [0.29, 0.717) is 6.42 Å². The Hall–Kier alpha value is -3.14. The number of pyridine rings is 1. The second-order valence-corrected chi connectivity index (χ2v) is 6.54. The maximum atomic E-state index is 11.8. The van der Waals surface area contributed by atoms with Crippen LogP contribution in [0.1, 0.15) is 29.7 Å². The van der Waals surface area contributed by atoms with Crippen molar-refractivity contribution in [2.45, 2.75) is 19.4 Å². The van der Waals surface area contributed by atoms with Crippen LogP contribution in [0.4, 0.5) is 5.82 Å². The molecular formula is C23H24N2O2. The second kappa shape index (κ2) is 8.99. The summed E-state index contributed by atoms with van der Waals surface area (Å²) in [5.74, 6) is 0.338. The minimum Gasteiger partial charge on any atom is -0.469 e. The number of methoxy groups -OCH3 is 1. The van der Waals surface area contributed by atoms with E-state index in [1.54, 1.807) is 6.20 Å². The van der Waals surface area contributed by atoms with Crippen LogP contribution in [0.5, 0.6) is 0 Å². The number of rotatable bonds is 7. The fourth-order valence-corrected chi connectivity index (χ4v) is 3.13. The Balaban J connectivity index is 1.92. The molecule has 1 N–H and O–H groups in total. The molecule has 4 heteroatoms. The number of nitrogens with zero attached hydrogens (tertiary/aromatic N) is 1. The van der Waals surface area contributed by atoms with Crippen LogP contribution in [0.15, 0.2) is 79.0 Å². The fraction of sp³-hybridized carbons (Fsp3) is 0.217. The first-order chi connectivity index (χ1) is 13.2. The largest absolute Gasteiger partial charge is 0.469 e. The van der Waals surface area contributed by atoms with Crippen LogP contribution in [-0.2, 0) is 16.0 Å². The van der Waals surface area contributed by atoms with Gasteiger partial charge in [-0.25, -0.2) is 4.98 Å². The maximum absolute atomic E-state index is 11.8. The van der Waals surface area contributed by atoms with Crippen LogP contribution in [0.2, 0.25) is 0 Å². The fourth-order valence-electron chi connectivity index (χ4n) is 3.13. The lowest BCUT2D eigenvalue weighted by Crippen LogP contribution is -2.18. The zero-order chi connectivity index (χ0) is 19.1. The van der Waals surface area contributed by atoms with Crippen LogP contribution >= 0.6 is 0 Å². The molecule has 0 aliphatic heterocycles. The van der Waals surface area contributed by atoms with Crippen LogP contribution in [0.25, 0.3) is 0 Å². The van der Waals surface area contributed by atoms with E-state index >= 15 is 0 Å². The van der Waals surface area contributed by atoms with Crippen molar-refractivity contribution in [1.82, 2.24) is 4.98 Å². The molecule has 0 saturated heterocycles. The Morgan fingerprint density at radius 2 is 1.56 bits per heavy atom. The van der Waals surface area contributed by atoms with E-state index in [1.165, 1.54) is 7.11 Å². The Bertz CT molecular complexity index is 826. The Morgan fingerprint density at radius 3 is 2.11 bits per heavy atom. The summed E-state index contributed by atoms with van der Waals surface area (Å²) in [6, 6.07) is 24.4. The van der Waals surface area contributed by atoms with E-state index in [0.717, 1.165) is 22.5 Å². The molecule has 0 saturated carbocycles. The third-order valence-corrected chi connectivity index (χ3v) is 4.57. The standard InChI is InChI=1S/C23H24N2O2/c1-17(23(26)27-2)16-20-14-9-15-24-22(20)25-21(18-10-5-3-6-11-18)19-12-7-4-8-13-19/h3-15,17,21H,16H2,1-2H3,(H,24,25). The topological polar surface area (TPSA) is 51.2 Å². The number of esters is 1. The van der Waals surface area contributed by atoms with Gasteiger partial charge in [0.25, 0.3) is 0 Å². The van der Waals surface area contributed by atoms with Crippen molar-refractivity contribution in [3.63, 3.8) is 0 Å². The second-order valence-electron chi connectivity index (χ2n) is 6.54. The van der Waals surface area contributed by atoms with Gasteiger partial charge in [0.05, 0.1) is 19.1 Å². The molecule has 27 heavy (non-hydrogen) atoms. The molecule has 1 unspecified atom stereocenters. The van der Waals surface area contributed by atoms with Crippen LogP contribution in [-0.4, -0.2) is 18.1 Å². The Morgan fingerprint density at radius 1 is 0.963 bits per heavy atom. The molecule has 1 heterocycles. The third kappa shape index (κ3) is 4.73. The Kier molecular flexibility index (Phi) is 6.21. The molecule has 3 aromatic rings. The van der Waals surface area contributed by atoms with E-state index in [4.69, 9.17) is 4.74 Å². The number of anilines is 1. The first kappa shape index (κ1) is 18.6. The molecule has 0 fully saturated rings. The normalized spacial score (nSPS) is 11.8. The van der Waals surface area contributed by atoms with Gasteiger partial charge >= 0.3 is 5.97 Å². The van der Waals surface area contributed by atoms with Crippen LogP contribution < -0.4 is 5.32 Å². The van der Waals surface area contributed by atoms with E-state index in [2.05, 4.69) is 34.6 Å². The summed E-state index contributed by atoms with van der Waals surface area (Å²) < 4.78 is 4.86. The summed E-state index contributed by atoms with van der Waals surface area (Å²) in [6.07, 6.45) is 2.33. The molecule has 2 aromatic carbocycles. The van der Waals surface area contributed by atoms with Crippen LogP contribution in [0.3, 0.4) is 0 Å². The molecule has 0 bridgehead atoms. The third-order valence-electron chi connectivity index (χ3n) is 4.57. The van der Waals surface area contributed by atoms with E-state index in [1.807, 2.05) is 55.5 Å². The van der Waals surface area contributed by atoms with Crippen molar-refractivity contribution < 1.29 is 9.53 Å². The molecular weight excluding hydrogens is 336 g/mol. The summed E-state index contributed by atoms with van der Waals surface area (Å²) in [4.78, 5) is 16.4. The quantitative estimate of drug-likeness (QED) is 0.624. The average Bonchev–Trinajstić information content (AvgIpc) is 2.73. The molecule has 4 nitrogen and oxygen atoms in total. The monoisotopic (exact) mass is 360 g/mol. The van der Waals surface area contributed by atoms with Gasteiger partial charge < -0.3 is 10.1 Å². The molecule has 138 valence electrons.